The van der Waals surface area contributed by atoms with Crippen molar-refractivity contribution in [1.29, 1.82) is 0 Å². The fourth-order valence-electron chi connectivity index (χ4n) is 2.81. The van der Waals surface area contributed by atoms with Crippen LogP contribution in [0.25, 0.3) is 22.6 Å². The summed E-state index contributed by atoms with van der Waals surface area (Å²) in [6.07, 6.45) is 3.34. The lowest BCUT2D eigenvalue weighted by atomic mass is 10.1. The van der Waals surface area contributed by atoms with Gasteiger partial charge >= 0.3 is 0 Å². The fraction of sp³-hybridized carbons (Fsp3) is 0.136. The van der Waals surface area contributed by atoms with Crippen molar-refractivity contribution >= 4 is 34.3 Å². The van der Waals surface area contributed by atoms with Crippen LogP contribution in [0, 0.1) is 0 Å². The van der Waals surface area contributed by atoms with E-state index in [1.807, 2.05) is 13.8 Å². The van der Waals surface area contributed by atoms with Gasteiger partial charge in [0.2, 0.25) is 5.89 Å². The van der Waals surface area contributed by atoms with Gasteiger partial charge in [-0.15, -0.1) is 0 Å². The van der Waals surface area contributed by atoms with Gasteiger partial charge in [0.05, 0.1) is 23.0 Å². The Morgan fingerprint density at radius 1 is 1.14 bits per heavy atom. The summed E-state index contributed by atoms with van der Waals surface area (Å²) in [6.45, 7) is 3.89. The number of ether oxygens (including phenoxy) is 1. The van der Waals surface area contributed by atoms with Crippen LogP contribution in [-0.2, 0) is 0 Å². The number of anilines is 1. The molecule has 0 radical (unpaired) electrons. The van der Waals surface area contributed by atoms with E-state index in [0.29, 0.717) is 44.6 Å². The molecule has 0 saturated carbocycles. The van der Waals surface area contributed by atoms with Gasteiger partial charge in [-0.2, -0.15) is 0 Å². The number of carbonyl (C=O) groups excluding carboxylic acids is 1. The zero-order chi connectivity index (χ0) is 20.4. The average Bonchev–Trinajstić information content (AvgIpc) is 3.14. The number of carbonyl (C=O) groups is 1. The standard InChI is InChI=1S/C22H18ClN3O3/c1-13(2)28-16-6-3-14(4-7-16)21(27)25-18-11-15(5-8-17(18)23)22-26-19-12-24-10-9-20(19)29-22/h3-13H,1-2H3,(H,25,27). The van der Waals surface area contributed by atoms with Gasteiger partial charge < -0.3 is 14.5 Å². The van der Waals surface area contributed by atoms with Gasteiger partial charge in [-0.25, -0.2) is 4.98 Å². The number of rotatable bonds is 5. The van der Waals surface area contributed by atoms with Crippen molar-refractivity contribution < 1.29 is 13.9 Å². The minimum absolute atomic E-state index is 0.0684. The highest BCUT2D eigenvalue weighted by molar-refractivity contribution is 6.34. The Bertz CT molecular complexity index is 1140. The zero-order valence-electron chi connectivity index (χ0n) is 15.8. The average molecular weight is 408 g/mol. The van der Waals surface area contributed by atoms with E-state index in [-0.39, 0.29) is 12.0 Å². The van der Waals surface area contributed by atoms with Crippen LogP contribution in [-0.4, -0.2) is 22.0 Å². The number of halogens is 1. The number of hydrogen-bond acceptors (Lipinski definition) is 5. The Kier molecular flexibility index (Phi) is 5.18. The maximum Gasteiger partial charge on any atom is 0.255 e. The summed E-state index contributed by atoms with van der Waals surface area (Å²) in [5.74, 6) is 0.860. The lowest BCUT2D eigenvalue weighted by Crippen LogP contribution is -2.12. The highest BCUT2D eigenvalue weighted by atomic mass is 35.5. The van der Waals surface area contributed by atoms with Gasteiger partial charge in [-0.3, -0.25) is 9.78 Å². The molecule has 4 aromatic rings. The van der Waals surface area contributed by atoms with Crippen molar-refractivity contribution in [2.45, 2.75) is 20.0 Å². The van der Waals surface area contributed by atoms with Gasteiger partial charge in [0.25, 0.3) is 5.91 Å². The summed E-state index contributed by atoms with van der Waals surface area (Å²) in [6, 6.07) is 13.9. The summed E-state index contributed by atoms with van der Waals surface area (Å²) in [5, 5.41) is 3.25. The van der Waals surface area contributed by atoms with Crippen molar-refractivity contribution in [3.63, 3.8) is 0 Å². The molecular formula is C22H18ClN3O3. The molecule has 0 fully saturated rings. The molecule has 0 unspecified atom stereocenters. The molecule has 2 aromatic carbocycles. The Hall–Kier alpha value is -3.38. The smallest absolute Gasteiger partial charge is 0.255 e. The third kappa shape index (κ3) is 4.22. The molecular weight excluding hydrogens is 390 g/mol. The first kappa shape index (κ1) is 19.0. The van der Waals surface area contributed by atoms with Crippen LogP contribution in [0.15, 0.2) is 65.3 Å². The van der Waals surface area contributed by atoms with E-state index in [9.17, 15) is 4.79 Å². The summed E-state index contributed by atoms with van der Waals surface area (Å²) >= 11 is 6.28. The predicted octanol–water partition coefficient (Wildman–Crippen LogP) is 5.58. The molecule has 0 aliphatic rings. The summed E-state index contributed by atoms with van der Waals surface area (Å²) < 4.78 is 11.4. The third-order valence-corrected chi connectivity index (χ3v) is 4.47. The molecule has 1 N–H and O–H groups in total. The second-order valence-corrected chi connectivity index (χ2v) is 7.11. The van der Waals surface area contributed by atoms with Crippen LogP contribution in [0.2, 0.25) is 5.02 Å². The maximum atomic E-state index is 12.6. The SMILES string of the molecule is CC(C)Oc1ccc(C(=O)Nc2cc(-c3nc4cnccc4o3)ccc2Cl)cc1. The zero-order valence-corrected chi connectivity index (χ0v) is 16.6. The fourth-order valence-corrected chi connectivity index (χ4v) is 2.97. The number of oxazole rings is 1. The molecule has 146 valence electrons. The van der Waals surface area contributed by atoms with E-state index in [0.717, 1.165) is 0 Å². The largest absolute Gasteiger partial charge is 0.491 e. The number of nitrogens with zero attached hydrogens (tertiary/aromatic N) is 2. The number of pyridine rings is 1. The number of aromatic nitrogens is 2. The van der Waals surface area contributed by atoms with Crippen molar-refractivity contribution in [2.24, 2.45) is 0 Å². The molecule has 0 saturated heterocycles. The maximum absolute atomic E-state index is 12.6. The Morgan fingerprint density at radius 3 is 2.66 bits per heavy atom. The lowest BCUT2D eigenvalue weighted by Gasteiger charge is -2.11. The molecule has 0 bridgehead atoms. The third-order valence-electron chi connectivity index (χ3n) is 4.14. The molecule has 2 aromatic heterocycles. The second-order valence-electron chi connectivity index (χ2n) is 6.70. The van der Waals surface area contributed by atoms with E-state index in [1.54, 1.807) is 60.9 Å². The van der Waals surface area contributed by atoms with Gasteiger partial charge in [-0.05, 0) is 56.3 Å². The highest BCUT2D eigenvalue weighted by Crippen LogP contribution is 2.30. The molecule has 6 nitrogen and oxygen atoms in total. The first-order chi connectivity index (χ1) is 14.0. The highest BCUT2D eigenvalue weighted by Gasteiger charge is 2.13. The van der Waals surface area contributed by atoms with E-state index < -0.39 is 0 Å². The van der Waals surface area contributed by atoms with E-state index in [1.165, 1.54) is 0 Å². The molecule has 7 heteroatoms. The minimum atomic E-state index is -0.276. The summed E-state index contributed by atoms with van der Waals surface area (Å²) in [7, 11) is 0. The molecule has 0 spiro atoms. The van der Waals surface area contributed by atoms with Crippen molar-refractivity contribution in [1.82, 2.24) is 9.97 Å². The number of fused-ring (bicyclic) bond motifs is 1. The monoisotopic (exact) mass is 407 g/mol. The van der Waals surface area contributed by atoms with Crippen molar-refractivity contribution in [3.05, 3.63) is 71.5 Å². The quantitative estimate of drug-likeness (QED) is 0.467. The summed E-state index contributed by atoms with van der Waals surface area (Å²) in [4.78, 5) is 21.1. The van der Waals surface area contributed by atoms with Gasteiger partial charge in [-0.1, -0.05) is 11.6 Å². The predicted molar refractivity (Wildman–Crippen MR) is 112 cm³/mol. The number of benzene rings is 2. The van der Waals surface area contributed by atoms with Crippen molar-refractivity contribution in [3.8, 4) is 17.2 Å². The summed E-state index contributed by atoms with van der Waals surface area (Å²) in [5.41, 5.74) is 2.96. The first-order valence-electron chi connectivity index (χ1n) is 9.08. The first-order valence-corrected chi connectivity index (χ1v) is 9.46. The number of amides is 1. The minimum Gasteiger partial charge on any atom is -0.491 e. The van der Waals surface area contributed by atoms with Gasteiger partial charge in [0.1, 0.15) is 11.3 Å². The Morgan fingerprint density at radius 2 is 1.93 bits per heavy atom. The molecule has 2 heterocycles. The number of nitrogens with one attached hydrogen (secondary N) is 1. The van der Waals surface area contributed by atoms with Crippen LogP contribution in [0.1, 0.15) is 24.2 Å². The van der Waals surface area contributed by atoms with Gasteiger partial charge in [0, 0.05) is 23.4 Å². The molecule has 4 rings (SSSR count). The van der Waals surface area contributed by atoms with Crippen LogP contribution in [0.3, 0.4) is 0 Å². The van der Waals surface area contributed by atoms with E-state index >= 15 is 0 Å². The molecule has 29 heavy (non-hydrogen) atoms. The van der Waals surface area contributed by atoms with E-state index in [2.05, 4.69) is 15.3 Å². The van der Waals surface area contributed by atoms with Crippen molar-refractivity contribution in [2.75, 3.05) is 5.32 Å². The van der Waals surface area contributed by atoms with E-state index in [4.69, 9.17) is 20.8 Å². The van der Waals surface area contributed by atoms with Crippen LogP contribution < -0.4 is 10.1 Å². The lowest BCUT2D eigenvalue weighted by molar-refractivity contribution is 0.102. The van der Waals surface area contributed by atoms with Gasteiger partial charge in [0.15, 0.2) is 5.58 Å². The molecule has 1 amide bonds. The number of hydrogen-bond donors (Lipinski definition) is 1. The Labute approximate surface area is 172 Å². The molecule has 0 atom stereocenters. The normalized spacial score (nSPS) is 11.0. The molecule has 0 aliphatic carbocycles. The topological polar surface area (TPSA) is 77.2 Å². The van der Waals surface area contributed by atoms with Crippen LogP contribution >= 0.6 is 11.6 Å². The molecule has 0 aliphatic heterocycles. The second kappa shape index (κ2) is 7.93. The Balaban J connectivity index is 1.57. The van der Waals surface area contributed by atoms with Crippen LogP contribution in [0.4, 0.5) is 5.69 Å². The van der Waals surface area contributed by atoms with Crippen LogP contribution in [0.5, 0.6) is 5.75 Å².